The Labute approximate surface area is 148 Å². The van der Waals surface area contributed by atoms with Gasteiger partial charge in [-0.1, -0.05) is 19.1 Å². The number of aryl methyl sites for hydroxylation is 1. The molecule has 25 heavy (non-hydrogen) atoms. The first-order valence-electron chi connectivity index (χ1n) is 8.76. The van der Waals surface area contributed by atoms with Gasteiger partial charge >= 0.3 is 0 Å². The van der Waals surface area contributed by atoms with Crippen molar-refractivity contribution in [3.8, 4) is 0 Å². The molecule has 3 rings (SSSR count). The van der Waals surface area contributed by atoms with E-state index >= 15 is 0 Å². The molecule has 2 heterocycles. The lowest BCUT2D eigenvalue weighted by atomic mass is 10.1. The standard InChI is InChI=1S/C18H26N6O/c1-2-14-3-5-15(6-4-14)23-18-16(19)17(21-13-22-18)20-7-8-24-9-11-25-12-10-24/h3-6,13H,2,7-12,19H2,1H3,(H2,20,21,22,23). The molecule has 7 nitrogen and oxygen atoms in total. The highest BCUT2D eigenvalue weighted by molar-refractivity contribution is 5.77. The first kappa shape index (κ1) is 17.4. The Morgan fingerprint density at radius 2 is 1.84 bits per heavy atom. The van der Waals surface area contributed by atoms with Gasteiger partial charge in [0.2, 0.25) is 0 Å². The van der Waals surface area contributed by atoms with Crippen molar-refractivity contribution in [2.75, 3.05) is 55.8 Å². The van der Waals surface area contributed by atoms with E-state index in [-0.39, 0.29) is 0 Å². The monoisotopic (exact) mass is 342 g/mol. The fourth-order valence-corrected chi connectivity index (χ4v) is 2.75. The van der Waals surface area contributed by atoms with Crippen LogP contribution in [-0.4, -0.2) is 54.3 Å². The van der Waals surface area contributed by atoms with Gasteiger partial charge in [-0.2, -0.15) is 0 Å². The van der Waals surface area contributed by atoms with E-state index in [0.717, 1.165) is 51.5 Å². The summed E-state index contributed by atoms with van der Waals surface area (Å²) in [6.45, 7) is 7.42. The average molecular weight is 342 g/mol. The van der Waals surface area contributed by atoms with Gasteiger partial charge in [0.1, 0.15) is 12.0 Å². The summed E-state index contributed by atoms with van der Waals surface area (Å²) in [4.78, 5) is 10.9. The summed E-state index contributed by atoms with van der Waals surface area (Å²) in [5.74, 6) is 1.28. The highest BCUT2D eigenvalue weighted by atomic mass is 16.5. The zero-order valence-electron chi connectivity index (χ0n) is 14.7. The van der Waals surface area contributed by atoms with Crippen LogP contribution < -0.4 is 16.4 Å². The van der Waals surface area contributed by atoms with E-state index in [1.165, 1.54) is 11.9 Å². The summed E-state index contributed by atoms with van der Waals surface area (Å²) in [6, 6.07) is 8.26. The fourth-order valence-electron chi connectivity index (χ4n) is 2.75. The van der Waals surface area contributed by atoms with Gasteiger partial charge in [0.05, 0.1) is 13.2 Å². The van der Waals surface area contributed by atoms with Gasteiger partial charge in [-0.15, -0.1) is 0 Å². The van der Waals surface area contributed by atoms with Crippen molar-refractivity contribution < 1.29 is 4.74 Å². The zero-order valence-corrected chi connectivity index (χ0v) is 14.7. The predicted molar refractivity (Wildman–Crippen MR) is 101 cm³/mol. The molecule has 0 amide bonds. The Kier molecular flexibility index (Phi) is 6.03. The van der Waals surface area contributed by atoms with Crippen LogP contribution >= 0.6 is 0 Å². The number of nitrogens with two attached hydrogens (primary N) is 1. The minimum Gasteiger partial charge on any atom is -0.393 e. The van der Waals surface area contributed by atoms with Crippen LogP contribution in [0.3, 0.4) is 0 Å². The van der Waals surface area contributed by atoms with Crippen LogP contribution in [0.4, 0.5) is 23.0 Å². The maximum atomic E-state index is 6.22. The molecule has 1 aromatic carbocycles. The molecule has 0 saturated carbocycles. The number of anilines is 4. The summed E-state index contributed by atoms with van der Waals surface area (Å²) < 4.78 is 5.36. The topological polar surface area (TPSA) is 88.3 Å². The number of aromatic nitrogens is 2. The number of ether oxygens (including phenoxy) is 1. The highest BCUT2D eigenvalue weighted by Crippen LogP contribution is 2.25. The van der Waals surface area contributed by atoms with Crippen molar-refractivity contribution >= 4 is 23.0 Å². The molecule has 0 radical (unpaired) electrons. The smallest absolute Gasteiger partial charge is 0.159 e. The molecule has 4 N–H and O–H groups in total. The second-order valence-electron chi connectivity index (χ2n) is 6.04. The number of rotatable bonds is 7. The second-order valence-corrected chi connectivity index (χ2v) is 6.04. The molecule has 1 aliphatic heterocycles. The molecule has 1 aliphatic rings. The number of hydrogen-bond donors (Lipinski definition) is 3. The molecule has 0 atom stereocenters. The Hall–Kier alpha value is -2.38. The summed E-state index contributed by atoms with van der Waals surface area (Å²) in [5.41, 5.74) is 9.01. The van der Waals surface area contributed by atoms with E-state index < -0.39 is 0 Å². The van der Waals surface area contributed by atoms with E-state index in [4.69, 9.17) is 10.5 Å². The molecule has 1 fully saturated rings. The summed E-state index contributed by atoms with van der Waals surface area (Å²) in [6.07, 6.45) is 2.54. The van der Waals surface area contributed by atoms with Crippen molar-refractivity contribution in [2.45, 2.75) is 13.3 Å². The van der Waals surface area contributed by atoms with Crippen LogP contribution in [-0.2, 0) is 11.2 Å². The maximum absolute atomic E-state index is 6.22. The molecule has 2 aromatic rings. The molecule has 0 bridgehead atoms. The van der Waals surface area contributed by atoms with Gasteiger partial charge in [-0.25, -0.2) is 9.97 Å². The zero-order chi connectivity index (χ0) is 17.5. The van der Waals surface area contributed by atoms with E-state index in [2.05, 4.69) is 44.6 Å². The summed E-state index contributed by atoms with van der Waals surface area (Å²) >= 11 is 0. The van der Waals surface area contributed by atoms with Crippen LogP contribution in [0.15, 0.2) is 30.6 Å². The van der Waals surface area contributed by atoms with Crippen LogP contribution in [0.1, 0.15) is 12.5 Å². The minimum absolute atomic E-state index is 0.532. The van der Waals surface area contributed by atoms with Crippen molar-refractivity contribution in [2.24, 2.45) is 0 Å². The second kappa shape index (κ2) is 8.64. The van der Waals surface area contributed by atoms with E-state index in [9.17, 15) is 0 Å². The van der Waals surface area contributed by atoms with Crippen LogP contribution in [0.2, 0.25) is 0 Å². The average Bonchev–Trinajstić information content (AvgIpc) is 2.66. The Morgan fingerprint density at radius 3 is 2.56 bits per heavy atom. The SMILES string of the molecule is CCc1ccc(Nc2ncnc(NCCN3CCOCC3)c2N)cc1. The first-order chi connectivity index (χ1) is 12.3. The predicted octanol–water partition coefficient (Wildman–Crippen LogP) is 2.11. The fraction of sp³-hybridized carbons (Fsp3) is 0.444. The van der Waals surface area contributed by atoms with Crippen molar-refractivity contribution in [1.82, 2.24) is 14.9 Å². The normalized spacial score (nSPS) is 15.1. The van der Waals surface area contributed by atoms with Gasteiger partial charge in [-0.3, -0.25) is 4.90 Å². The third-order valence-electron chi connectivity index (χ3n) is 4.33. The van der Waals surface area contributed by atoms with Crippen molar-refractivity contribution in [3.63, 3.8) is 0 Å². The highest BCUT2D eigenvalue weighted by Gasteiger charge is 2.11. The van der Waals surface area contributed by atoms with Gasteiger partial charge < -0.3 is 21.1 Å². The van der Waals surface area contributed by atoms with Gasteiger partial charge in [0.25, 0.3) is 0 Å². The lowest BCUT2D eigenvalue weighted by molar-refractivity contribution is 0.0398. The molecule has 134 valence electrons. The molecule has 1 aromatic heterocycles. The molecule has 0 unspecified atom stereocenters. The van der Waals surface area contributed by atoms with Gasteiger partial charge in [0, 0.05) is 31.9 Å². The number of benzene rings is 1. The van der Waals surface area contributed by atoms with Crippen molar-refractivity contribution in [1.29, 1.82) is 0 Å². The number of hydrogen-bond acceptors (Lipinski definition) is 7. The Morgan fingerprint density at radius 1 is 1.12 bits per heavy atom. The van der Waals surface area contributed by atoms with Crippen molar-refractivity contribution in [3.05, 3.63) is 36.2 Å². The molecule has 7 heteroatoms. The molecular formula is C18H26N6O. The maximum Gasteiger partial charge on any atom is 0.159 e. The first-order valence-corrected chi connectivity index (χ1v) is 8.76. The van der Waals surface area contributed by atoms with Gasteiger partial charge in [-0.05, 0) is 24.1 Å². The molecule has 1 saturated heterocycles. The van der Waals surface area contributed by atoms with Crippen LogP contribution in [0.5, 0.6) is 0 Å². The lowest BCUT2D eigenvalue weighted by Crippen LogP contribution is -2.39. The minimum atomic E-state index is 0.532. The molecule has 0 aliphatic carbocycles. The van der Waals surface area contributed by atoms with E-state index in [0.29, 0.717) is 17.3 Å². The van der Waals surface area contributed by atoms with Gasteiger partial charge in [0.15, 0.2) is 11.6 Å². The number of nitrogen functional groups attached to an aromatic ring is 1. The number of morpholine rings is 1. The van der Waals surface area contributed by atoms with Crippen LogP contribution in [0, 0.1) is 0 Å². The Balaban J connectivity index is 1.58. The third kappa shape index (κ3) is 4.80. The van der Waals surface area contributed by atoms with Crippen LogP contribution in [0.25, 0.3) is 0 Å². The quantitative estimate of drug-likeness (QED) is 0.710. The lowest BCUT2D eigenvalue weighted by Gasteiger charge is -2.26. The molecular weight excluding hydrogens is 316 g/mol. The number of nitrogens with zero attached hydrogens (tertiary/aromatic N) is 3. The largest absolute Gasteiger partial charge is 0.393 e. The van der Waals surface area contributed by atoms with E-state index in [1.54, 1.807) is 0 Å². The molecule has 0 spiro atoms. The summed E-state index contributed by atoms with van der Waals surface area (Å²) in [5, 5.41) is 6.57. The third-order valence-corrected chi connectivity index (χ3v) is 4.33. The Bertz CT molecular complexity index is 670. The van der Waals surface area contributed by atoms with E-state index in [1.807, 2.05) is 12.1 Å². The summed E-state index contributed by atoms with van der Waals surface area (Å²) in [7, 11) is 0. The number of nitrogens with one attached hydrogen (secondary N) is 2.